The summed E-state index contributed by atoms with van der Waals surface area (Å²) in [4.78, 5) is 0.962. The minimum atomic E-state index is -3.45. The molecule has 1 heterocycles. The van der Waals surface area contributed by atoms with Crippen molar-refractivity contribution in [1.82, 2.24) is 9.62 Å². The van der Waals surface area contributed by atoms with Gasteiger partial charge in [0.05, 0.1) is 5.69 Å². The van der Waals surface area contributed by atoms with Gasteiger partial charge in [-0.1, -0.05) is 19.1 Å². The van der Waals surface area contributed by atoms with Crippen LogP contribution in [0.15, 0.2) is 29.2 Å². The van der Waals surface area contributed by atoms with Crippen molar-refractivity contribution >= 4 is 27.7 Å². The fourth-order valence-corrected chi connectivity index (χ4v) is 3.99. The van der Waals surface area contributed by atoms with E-state index in [0.29, 0.717) is 31.9 Å². The Morgan fingerprint density at radius 3 is 2.68 bits per heavy atom. The molecule has 0 radical (unpaired) electrons. The van der Waals surface area contributed by atoms with E-state index >= 15 is 0 Å². The molecule has 1 aromatic rings. The Morgan fingerprint density at radius 2 is 2.00 bits per heavy atom. The summed E-state index contributed by atoms with van der Waals surface area (Å²) in [5.41, 5.74) is 0.660. The number of hydrogen-bond acceptors (Lipinski definition) is 4. The smallest absolute Gasteiger partial charge is 0.301 e. The fourth-order valence-electron chi connectivity index (χ4n) is 1.92. The number of piperazine rings is 1. The van der Waals surface area contributed by atoms with Crippen LogP contribution in [-0.4, -0.2) is 44.7 Å². The van der Waals surface area contributed by atoms with Crippen molar-refractivity contribution in [3.8, 4) is 0 Å². The Labute approximate surface area is 118 Å². The first-order valence-electron chi connectivity index (χ1n) is 6.34. The molecule has 7 heteroatoms. The van der Waals surface area contributed by atoms with Gasteiger partial charge < -0.3 is 5.32 Å². The lowest BCUT2D eigenvalue weighted by atomic mass is 10.3. The van der Waals surface area contributed by atoms with Crippen LogP contribution in [0.5, 0.6) is 0 Å². The van der Waals surface area contributed by atoms with E-state index in [1.54, 1.807) is 17.8 Å². The van der Waals surface area contributed by atoms with Gasteiger partial charge in [0.1, 0.15) is 0 Å². The minimum Gasteiger partial charge on any atom is -0.314 e. The van der Waals surface area contributed by atoms with Gasteiger partial charge in [0, 0.05) is 31.1 Å². The van der Waals surface area contributed by atoms with E-state index in [1.807, 2.05) is 25.1 Å². The lowest BCUT2D eigenvalue weighted by molar-refractivity contribution is 0.362. The van der Waals surface area contributed by atoms with E-state index in [0.717, 1.165) is 10.6 Å². The summed E-state index contributed by atoms with van der Waals surface area (Å²) >= 11 is 1.63. The van der Waals surface area contributed by atoms with Gasteiger partial charge in [-0.15, -0.1) is 11.8 Å². The van der Waals surface area contributed by atoms with Crippen molar-refractivity contribution in [2.45, 2.75) is 11.8 Å². The van der Waals surface area contributed by atoms with Crippen molar-refractivity contribution in [3.05, 3.63) is 24.3 Å². The molecular weight excluding hydrogens is 282 g/mol. The second-order valence-corrected chi connectivity index (χ2v) is 7.16. The fraction of sp³-hybridized carbons (Fsp3) is 0.500. The highest BCUT2D eigenvalue weighted by atomic mass is 32.2. The highest BCUT2D eigenvalue weighted by Crippen LogP contribution is 2.27. The van der Waals surface area contributed by atoms with Crippen LogP contribution in [0.25, 0.3) is 0 Å². The monoisotopic (exact) mass is 301 g/mol. The van der Waals surface area contributed by atoms with Crippen LogP contribution in [0.2, 0.25) is 0 Å². The Kier molecular flexibility index (Phi) is 5.09. The third-order valence-electron chi connectivity index (χ3n) is 2.84. The summed E-state index contributed by atoms with van der Waals surface area (Å²) < 4.78 is 28.8. The van der Waals surface area contributed by atoms with E-state index < -0.39 is 10.2 Å². The molecule has 0 aromatic heterocycles. The number of thioether (sulfide) groups is 1. The molecule has 106 valence electrons. The second-order valence-electron chi connectivity index (χ2n) is 4.19. The van der Waals surface area contributed by atoms with Crippen molar-refractivity contribution in [2.24, 2.45) is 0 Å². The first-order chi connectivity index (χ1) is 9.13. The maximum atomic E-state index is 12.3. The minimum absolute atomic E-state index is 0.512. The van der Waals surface area contributed by atoms with Crippen LogP contribution in [0.3, 0.4) is 0 Å². The number of para-hydroxylation sites is 1. The largest absolute Gasteiger partial charge is 0.314 e. The van der Waals surface area contributed by atoms with Gasteiger partial charge in [-0.25, -0.2) is 0 Å². The molecular formula is C12H19N3O2S2. The maximum absolute atomic E-state index is 12.3. The van der Waals surface area contributed by atoms with E-state index in [1.165, 1.54) is 4.31 Å². The predicted octanol–water partition coefficient (Wildman–Crippen LogP) is 1.36. The molecule has 0 saturated carbocycles. The molecule has 0 aliphatic carbocycles. The van der Waals surface area contributed by atoms with E-state index in [4.69, 9.17) is 0 Å². The highest BCUT2D eigenvalue weighted by molar-refractivity contribution is 7.99. The number of benzene rings is 1. The Bertz CT molecular complexity index is 513. The van der Waals surface area contributed by atoms with Gasteiger partial charge >= 0.3 is 10.2 Å². The molecule has 0 atom stereocenters. The van der Waals surface area contributed by atoms with Gasteiger partial charge in [0.15, 0.2) is 0 Å². The van der Waals surface area contributed by atoms with Crippen molar-refractivity contribution in [1.29, 1.82) is 0 Å². The quantitative estimate of drug-likeness (QED) is 0.806. The van der Waals surface area contributed by atoms with Gasteiger partial charge in [-0.3, -0.25) is 4.72 Å². The van der Waals surface area contributed by atoms with Crippen LogP contribution in [0.1, 0.15) is 6.92 Å². The molecule has 0 amide bonds. The Morgan fingerprint density at radius 1 is 1.32 bits per heavy atom. The molecule has 1 aromatic carbocycles. The van der Waals surface area contributed by atoms with Crippen LogP contribution in [-0.2, 0) is 10.2 Å². The Balaban J connectivity index is 2.15. The highest BCUT2D eigenvalue weighted by Gasteiger charge is 2.24. The average molecular weight is 301 g/mol. The molecule has 0 bridgehead atoms. The lowest BCUT2D eigenvalue weighted by Gasteiger charge is -2.27. The number of rotatable bonds is 5. The molecule has 1 fully saturated rings. The summed E-state index contributed by atoms with van der Waals surface area (Å²) in [5, 5.41) is 3.14. The Hall–Kier alpha value is -0.760. The van der Waals surface area contributed by atoms with Gasteiger partial charge in [0.2, 0.25) is 0 Å². The number of nitrogens with zero attached hydrogens (tertiary/aromatic N) is 1. The number of anilines is 1. The first kappa shape index (κ1) is 14.6. The molecule has 2 rings (SSSR count). The molecule has 1 saturated heterocycles. The normalized spacial score (nSPS) is 17.3. The molecule has 0 spiro atoms. The molecule has 2 N–H and O–H groups in total. The molecule has 1 aliphatic rings. The van der Waals surface area contributed by atoms with E-state index in [2.05, 4.69) is 10.0 Å². The van der Waals surface area contributed by atoms with Crippen LogP contribution >= 0.6 is 11.8 Å². The van der Waals surface area contributed by atoms with Crippen molar-refractivity contribution < 1.29 is 8.42 Å². The number of nitrogens with one attached hydrogen (secondary N) is 2. The second kappa shape index (κ2) is 6.60. The summed E-state index contributed by atoms with van der Waals surface area (Å²) in [6.07, 6.45) is 0. The van der Waals surface area contributed by atoms with Gasteiger partial charge in [-0.05, 0) is 17.9 Å². The zero-order chi connectivity index (χ0) is 13.7. The summed E-state index contributed by atoms with van der Waals surface area (Å²) in [7, 11) is -3.45. The molecule has 19 heavy (non-hydrogen) atoms. The van der Waals surface area contributed by atoms with Crippen LogP contribution in [0.4, 0.5) is 5.69 Å². The first-order valence-corrected chi connectivity index (χ1v) is 8.76. The van der Waals surface area contributed by atoms with Crippen LogP contribution < -0.4 is 10.0 Å². The summed E-state index contributed by atoms with van der Waals surface area (Å²) in [6, 6.07) is 7.50. The summed E-state index contributed by atoms with van der Waals surface area (Å²) in [6.45, 7) is 4.47. The van der Waals surface area contributed by atoms with Crippen LogP contribution in [0, 0.1) is 0 Å². The predicted molar refractivity (Wildman–Crippen MR) is 79.8 cm³/mol. The zero-order valence-electron chi connectivity index (χ0n) is 10.9. The number of hydrogen-bond donors (Lipinski definition) is 2. The maximum Gasteiger partial charge on any atom is 0.301 e. The third-order valence-corrected chi connectivity index (χ3v) is 5.32. The molecule has 0 unspecified atom stereocenters. The lowest BCUT2D eigenvalue weighted by Crippen LogP contribution is -2.48. The van der Waals surface area contributed by atoms with Crippen molar-refractivity contribution in [3.63, 3.8) is 0 Å². The van der Waals surface area contributed by atoms with Gasteiger partial charge in [-0.2, -0.15) is 12.7 Å². The molecule has 1 aliphatic heterocycles. The topological polar surface area (TPSA) is 61.4 Å². The zero-order valence-corrected chi connectivity index (χ0v) is 12.6. The van der Waals surface area contributed by atoms with Crippen molar-refractivity contribution in [2.75, 3.05) is 36.7 Å². The third kappa shape index (κ3) is 3.85. The average Bonchev–Trinajstić information content (AvgIpc) is 2.42. The van der Waals surface area contributed by atoms with Gasteiger partial charge in [0.25, 0.3) is 0 Å². The van der Waals surface area contributed by atoms with E-state index in [-0.39, 0.29) is 0 Å². The van der Waals surface area contributed by atoms with E-state index in [9.17, 15) is 8.42 Å². The summed E-state index contributed by atoms with van der Waals surface area (Å²) in [5.74, 6) is 0.909. The molecule has 5 nitrogen and oxygen atoms in total. The SMILES string of the molecule is CCSc1ccccc1NS(=O)(=O)N1CCNCC1. The standard InChI is InChI=1S/C12H19N3O2S2/c1-2-18-12-6-4-3-5-11(12)14-19(16,17)15-9-7-13-8-10-15/h3-6,13-14H,2,7-10H2,1H3.